The Morgan fingerprint density at radius 3 is 2.59 bits per heavy atom. The molecule has 0 amide bonds. The lowest BCUT2D eigenvalue weighted by molar-refractivity contribution is 1.48. The van der Waals surface area contributed by atoms with Crippen molar-refractivity contribution < 1.29 is 0 Å². The van der Waals surface area contributed by atoms with Gasteiger partial charge in [-0.25, -0.2) is 0 Å². The molecule has 0 heterocycles. The zero-order valence-corrected chi connectivity index (χ0v) is 10.3. The van der Waals surface area contributed by atoms with E-state index in [2.05, 4.69) is 10.3 Å². The van der Waals surface area contributed by atoms with Gasteiger partial charge in [0.25, 0.3) is 0 Å². The van der Waals surface area contributed by atoms with E-state index in [-0.39, 0.29) is 0 Å². The molecular formula is C14H13ClN2. The van der Waals surface area contributed by atoms with Crippen LogP contribution in [0.15, 0.2) is 53.5 Å². The van der Waals surface area contributed by atoms with E-state index in [1.54, 1.807) is 0 Å². The minimum Gasteiger partial charge on any atom is -0.388 e. The summed E-state index contributed by atoms with van der Waals surface area (Å²) in [6.45, 7) is 0. The van der Waals surface area contributed by atoms with E-state index in [4.69, 9.17) is 11.6 Å². The van der Waals surface area contributed by atoms with Crippen molar-refractivity contribution in [2.45, 2.75) is 0 Å². The van der Waals surface area contributed by atoms with Gasteiger partial charge in [0.15, 0.2) is 0 Å². The third kappa shape index (κ3) is 3.08. The van der Waals surface area contributed by atoms with Gasteiger partial charge in [0.1, 0.15) is 0 Å². The number of hydrogen-bond donors (Lipinski definition) is 1. The van der Waals surface area contributed by atoms with Crippen LogP contribution in [0, 0.1) is 0 Å². The SMILES string of the molecule is CNc1ccc(Cl)cc1/C=N/c1ccccc1. The number of rotatable bonds is 3. The average Bonchev–Trinajstić information content (AvgIpc) is 2.38. The van der Waals surface area contributed by atoms with Gasteiger partial charge in [-0.1, -0.05) is 29.8 Å². The van der Waals surface area contributed by atoms with Crippen molar-refractivity contribution in [1.82, 2.24) is 0 Å². The predicted octanol–water partition coefficient (Wildman–Crippen LogP) is 4.13. The molecule has 0 bridgehead atoms. The summed E-state index contributed by atoms with van der Waals surface area (Å²) in [6, 6.07) is 15.5. The van der Waals surface area contributed by atoms with Crippen molar-refractivity contribution in [3.05, 3.63) is 59.1 Å². The van der Waals surface area contributed by atoms with Crippen molar-refractivity contribution in [2.24, 2.45) is 4.99 Å². The minimum absolute atomic E-state index is 0.707. The fourth-order valence-corrected chi connectivity index (χ4v) is 1.71. The number of hydrogen-bond acceptors (Lipinski definition) is 2. The number of anilines is 1. The van der Waals surface area contributed by atoms with Gasteiger partial charge in [0.05, 0.1) is 5.69 Å². The molecule has 2 aromatic carbocycles. The molecule has 0 spiro atoms. The summed E-state index contributed by atoms with van der Waals surface area (Å²) in [6.07, 6.45) is 1.81. The first-order chi connectivity index (χ1) is 8.29. The molecule has 0 unspecified atom stereocenters. The average molecular weight is 245 g/mol. The van der Waals surface area contributed by atoms with Crippen LogP contribution in [0.25, 0.3) is 0 Å². The second-order valence-corrected chi connectivity index (χ2v) is 4.01. The normalized spacial score (nSPS) is 10.7. The highest BCUT2D eigenvalue weighted by Gasteiger charge is 1.98. The van der Waals surface area contributed by atoms with Gasteiger partial charge in [-0.15, -0.1) is 0 Å². The molecule has 2 rings (SSSR count). The number of nitrogens with zero attached hydrogens (tertiary/aromatic N) is 1. The van der Waals surface area contributed by atoms with Gasteiger partial charge in [-0.05, 0) is 30.3 Å². The lowest BCUT2D eigenvalue weighted by Gasteiger charge is -2.04. The fraction of sp³-hybridized carbons (Fsp3) is 0.0714. The standard InChI is InChI=1S/C14H13ClN2/c1-16-14-8-7-12(15)9-11(14)10-17-13-5-3-2-4-6-13/h2-10,16H,1H3/b17-10+. The highest BCUT2D eigenvalue weighted by Crippen LogP contribution is 2.19. The van der Waals surface area contributed by atoms with Crippen LogP contribution < -0.4 is 5.32 Å². The molecule has 2 nitrogen and oxygen atoms in total. The van der Waals surface area contributed by atoms with Crippen LogP contribution in [0.4, 0.5) is 11.4 Å². The zero-order chi connectivity index (χ0) is 12.1. The van der Waals surface area contributed by atoms with E-state index in [1.165, 1.54) is 0 Å². The third-order valence-electron chi connectivity index (χ3n) is 2.39. The molecule has 0 aromatic heterocycles. The van der Waals surface area contributed by atoms with Crippen molar-refractivity contribution in [2.75, 3.05) is 12.4 Å². The van der Waals surface area contributed by atoms with E-state index in [1.807, 2.05) is 61.8 Å². The van der Waals surface area contributed by atoms with Crippen LogP contribution >= 0.6 is 11.6 Å². The summed E-state index contributed by atoms with van der Waals surface area (Å²) in [5.74, 6) is 0. The number of benzene rings is 2. The third-order valence-corrected chi connectivity index (χ3v) is 2.63. The monoisotopic (exact) mass is 244 g/mol. The van der Waals surface area contributed by atoms with Gasteiger partial charge in [0, 0.05) is 29.5 Å². The molecule has 0 aliphatic rings. The number of para-hydroxylation sites is 1. The highest BCUT2D eigenvalue weighted by molar-refractivity contribution is 6.31. The van der Waals surface area contributed by atoms with E-state index in [9.17, 15) is 0 Å². The van der Waals surface area contributed by atoms with E-state index in [0.717, 1.165) is 16.9 Å². The maximum absolute atomic E-state index is 5.97. The lowest BCUT2D eigenvalue weighted by atomic mass is 10.2. The van der Waals surface area contributed by atoms with Crippen molar-refractivity contribution >= 4 is 29.2 Å². The predicted molar refractivity (Wildman–Crippen MR) is 74.7 cm³/mol. The Hall–Kier alpha value is -1.80. The molecule has 17 heavy (non-hydrogen) atoms. The Morgan fingerprint density at radius 2 is 1.88 bits per heavy atom. The van der Waals surface area contributed by atoms with E-state index >= 15 is 0 Å². The molecular weight excluding hydrogens is 232 g/mol. The second-order valence-electron chi connectivity index (χ2n) is 3.58. The maximum atomic E-state index is 5.97. The first-order valence-corrected chi connectivity index (χ1v) is 5.74. The van der Waals surface area contributed by atoms with Crippen molar-refractivity contribution in [3.8, 4) is 0 Å². The topological polar surface area (TPSA) is 24.4 Å². The van der Waals surface area contributed by atoms with Gasteiger partial charge in [0.2, 0.25) is 0 Å². The Kier molecular flexibility index (Phi) is 3.78. The van der Waals surface area contributed by atoms with E-state index < -0.39 is 0 Å². The molecule has 1 N–H and O–H groups in total. The Balaban J connectivity index is 2.29. The molecule has 3 heteroatoms. The van der Waals surface area contributed by atoms with Gasteiger partial charge in [-0.2, -0.15) is 0 Å². The van der Waals surface area contributed by atoms with Crippen LogP contribution in [0.1, 0.15) is 5.56 Å². The molecule has 86 valence electrons. The molecule has 0 radical (unpaired) electrons. The summed E-state index contributed by atoms with van der Waals surface area (Å²) >= 11 is 5.97. The van der Waals surface area contributed by atoms with Gasteiger partial charge >= 0.3 is 0 Å². The molecule has 0 fully saturated rings. The van der Waals surface area contributed by atoms with Gasteiger partial charge < -0.3 is 5.32 Å². The Bertz CT molecular complexity index is 521. The van der Waals surface area contributed by atoms with Crippen LogP contribution in [0.3, 0.4) is 0 Å². The molecule has 0 saturated carbocycles. The molecule has 2 aromatic rings. The highest BCUT2D eigenvalue weighted by atomic mass is 35.5. The number of halogens is 1. The summed E-state index contributed by atoms with van der Waals surface area (Å²) in [5.41, 5.74) is 2.91. The van der Waals surface area contributed by atoms with E-state index in [0.29, 0.717) is 5.02 Å². The molecule has 0 aliphatic heterocycles. The maximum Gasteiger partial charge on any atom is 0.0629 e. The smallest absolute Gasteiger partial charge is 0.0629 e. The minimum atomic E-state index is 0.707. The Morgan fingerprint density at radius 1 is 1.12 bits per heavy atom. The molecule has 0 aliphatic carbocycles. The second kappa shape index (κ2) is 5.51. The first-order valence-electron chi connectivity index (χ1n) is 5.36. The zero-order valence-electron chi connectivity index (χ0n) is 9.52. The molecule has 0 atom stereocenters. The van der Waals surface area contributed by atoms with Gasteiger partial charge in [-0.3, -0.25) is 4.99 Å². The summed E-state index contributed by atoms with van der Waals surface area (Å²) < 4.78 is 0. The molecule has 0 saturated heterocycles. The van der Waals surface area contributed by atoms with Crippen LogP contribution in [-0.4, -0.2) is 13.3 Å². The lowest BCUT2D eigenvalue weighted by Crippen LogP contribution is -1.94. The largest absolute Gasteiger partial charge is 0.388 e. The summed E-state index contributed by atoms with van der Waals surface area (Å²) in [5, 5.41) is 3.82. The number of nitrogens with one attached hydrogen (secondary N) is 1. The summed E-state index contributed by atoms with van der Waals surface area (Å²) in [7, 11) is 1.88. The first kappa shape index (κ1) is 11.7. The van der Waals surface area contributed by atoms with Crippen molar-refractivity contribution in [1.29, 1.82) is 0 Å². The van der Waals surface area contributed by atoms with Crippen LogP contribution in [0.5, 0.6) is 0 Å². The van der Waals surface area contributed by atoms with Crippen LogP contribution in [0.2, 0.25) is 5.02 Å². The Labute approximate surface area is 106 Å². The fourth-order valence-electron chi connectivity index (χ4n) is 1.53. The quantitative estimate of drug-likeness (QED) is 0.807. The number of aliphatic imine (C=N–C) groups is 1. The van der Waals surface area contributed by atoms with Crippen molar-refractivity contribution in [3.63, 3.8) is 0 Å². The van der Waals surface area contributed by atoms with Crippen LogP contribution in [-0.2, 0) is 0 Å². The summed E-state index contributed by atoms with van der Waals surface area (Å²) in [4.78, 5) is 4.40.